The number of aryl methyl sites for hydroxylation is 2. The highest BCUT2D eigenvalue weighted by Gasteiger charge is 2.17. The highest BCUT2D eigenvalue weighted by Crippen LogP contribution is 2.27. The van der Waals surface area contributed by atoms with Crippen LogP contribution in [0.3, 0.4) is 0 Å². The van der Waals surface area contributed by atoms with Crippen LogP contribution in [0.25, 0.3) is 16.0 Å². The van der Waals surface area contributed by atoms with Crippen molar-refractivity contribution in [3.05, 3.63) is 80.0 Å². The second kappa shape index (κ2) is 8.03. The number of hydrogen-bond acceptors (Lipinski definition) is 5. The Bertz CT molecular complexity index is 1260. The molecule has 0 aliphatic carbocycles. The molecule has 0 aliphatic rings. The zero-order valence-electron chi connectivity index (χ0n) is 15.6. The first-order valence-corrected chi connectivity index (χ1v) is 11.2. The van der Waals surface area contributed by atoms with E-state index in [1.807, 2.05) is 54.0 Å². The van der Waals surface area contributed by atoms with E-state index in [1.165, 1.54) is 22.5 Å². The number of aromatic nitrogens is 3. The van der Waals surface area contributed by atoms with Crippen LogP contribution in [0.4, 0.5) is 0 Å². The van der Waals surface area contributed by atoms with Crippen LogP contribution in [0.2, 0.25) is 0 Å². The third-order valence-corrected chi connectivity index (χ3v) is 7.02. The molecule has 2 aromatic heterocycles. The Morgan fingerprint density at radius 2 is 1.82 bits per heavy atom. The molecule has 28 heavy (non-hydrogen) atoms. The average Bonchev–Trinajstić information content (AvgIpc) is 3.03. The van der Waals surface area contributed by atoms with Gasteiger partial charge in [-0.3, -0.25) is 9.36 Å². The van der Waals surface area contributed by atoms with Gasteiger partial charge in [-0.15, -0.1) is 0 Å². The molecule has 0 radical (unpaired) electrons. The molecule has 0 N–H and O–H groups in total. The number of thiazole rings is 1. The number of rotatable bonds is 5. The van der Waals surface area contributed by atoms with Crippen molar-refractivity contribution in [1.29, 1.82) is 0 Å². The summed E-state index contributed by atoms with van der Waals surface area (Å²) in [4.78, 5) is 18.3. The second-order valence-corrected chi connectivity index (χ2v) is 8.94. The van der Waals surface area contributed by atoms with Gasteiger partial charge in [-0.25, -0.2) is 4.98 Å². The van der Waals surface area contributed by atoms with Gasteiger partial charge in [-0.1, -0.05) is 65.6 Å². The zero-order chi connectivity index (χ0) is 19.7. The molecule has 4 aromatic rings. The first-order valence-electron chi connectivity index (χ1n) is 8.99. The van der Waals surface area contributed by atoms with Gasteiger partial charge in [0, 0.05) is 12.3 Å². The van der Waals surface area contributed by atoms with Crippen LogP contribution in [0.15, 0.2) is 64.5 Å². The lowest BCUT2D eigenvalue weighted by Crippen LogP contribution is -2.21. The molecule has 0 atom stereocenters. The van der Waals surface area contributed by atoms with Gasteiger partial charge in [-0.05, 0) is 49.3 Å². The maximum absolute atomic E-state index is 13.4. The first kappa shape index (κ1) is 19.1. The molecule has 0 saturated carbocycles. The minimum atomic E-state index is -0.0632. The van der Waals surface area contributed by atoms with Gasteiger partial charge in [0.15, 0.2) is 14.8 Å². The smallest absolute Gasteiger partial charge is 0.278 e. The maximum Gasteiger partial charge on any atom is 0.278 e. The van der Waals surface area contributed by atoms with Crippen molar-refractivity contribution in [3.63, 3.8) is 0 Å². The minimum Gasteiger partial charge on any atom is -0.308 e. The summed E-state index contributed by atoms with van der Waals surface area (Å²) in [5.74, 6) is 0.744. The summed E-state index contributed by atoms with van der Waals surface area (Å²) in [5, 5.41) is 0.682. The van der Waals surface area contributed by atoms with Crippen molar-refractivity contribution in [2.75, 3.05) is 0 Å². The summed E-state index contributed by atoms with van der Waals surface area (Å²) in [7, 11) is 0. The quantitative estimate of drug-likeness (QED) is 0.237. The summed E-state index contributed by atoms with van der Waals surface area (Å²) in [6, 6.07) is 18.0. The first-order chi connectivity index (χ1) is 13.6. The molecule has 0 fully saturated rings. The van der Waals surface area contributed by atoms with E-state index in [4.69, 9.17) is 17.2 Å². The van der Waals surface area contributed by atoms with Crippen molar-refractivity contribution >= 4 is 45.7 Å². The van der Waals surface area contributed by atoms with Gasteiger partial charge in [-0.2, -0.15) is 0 Å². The van der Waals surface area contributed by atoms with E-state index >= 15 is 0 Å². The summed E-state index contributed by atoms with van der Waals surface area (Å²) in [6.07, 6.45) is 0. The molecular formula is C21H19N3OS3. The van der Waals surface area contributed by atoms with Crippen molar-refractivity contribution in [2.24, 2.45) is 0 Å². The molecule has 7 heteroatoms. The van der Waals surface area contributed by atoms with E-state index in [0.717, 1.165) is 11.4 Å². The molecule has 0 aliphatic heterocycles. The number of nitrogens with zero attached hydrogens (tertiary/aromatic N) is 3. The molecule has 2 aromatic carbocycles. The lowest BCUT2D eigenvalue weighted by molar-refractivity contribution is 0.753. The van der Waals surface area contributed by atoms with Crippen molar-refractivity contribution in [3.8, 4) is 5.69 Å². The van der Waals surface area contributed by atoms with Crippen LogP contribution in [0.1, 0.15) is 18.1 Å². The topological polar surface area (TPSA) is 39.8 Å². The third-order valence-electron chi connectivity index (χ3n) is 4.61. The van der Waals surface area contributed by atoms with E-state index in [2.05, 4.69) is 19.1 Å². The fourth-order valence-corrected chi connectivity index (χ4v) is 5.54. The Morgan fingerprint density at radius 3 is 2.54 bits per heavy atom. The summed E-state index contributed by atoms with van der Waals surface area (Å²) >= 11 is 8.37. The van der Waals surface area contributed by atoms with Gasteiger partial charge in [0.2, 0.25) is 0 Å². The Morgan fingerprint density at radius 1 is 1.11 bits per heavy atom. The SMILES string of the molecule is CCn1c(=S)sc2c(=O)n(-c3ccccc3)c(SCc3ccccc3C)nc21. The fourth-order valence-electron chi connectivity index (χ4n) is 3.07. The molecule has 4 nitrogen and oxygen atoms in total. The minimum absolute atomic E-state index is 0.0632. The molecule has 0 bridgehead atoms. The number of fused-ring (bicyclic) bond motifs is 1. The number of thioether (sulfide) groups is 1. The molecule has 0 unspecified atom stereocenters. The van der Waals surface area contributed by atoms with Crippen LogP contribution in [0, 0.1) is 10.9 Å². The molecule has 142 valence electrons. The molecule has 2 heterocycles. The normalized spacial score (nSPS) is 11.2. The largest absolute Gasteiger partial charge is 0.308 e. The van der Waals surface area contributed by atoms with Crippen LogP contribution >= 0.6 is 35.3 Å². The monoisotopic (exact) mass is 425 g/mol. The van der Waals surface area contributed by atoms with Gasteiger partial charge in [0.1, 0.15) is 4.70 Å². The zero-order valence-corrected chi connectivity index (χ0v) is 18.0. The van der Waals surface area contributed by atoms with E-state index in [0.29, 0.717) is 26.0 Å². The molecule has 0 saturated heterocycles. The van der Waals surface area contributed by atoms with Crippen LogP contribution in [-0.4, -0.2) is 14.1 Å². The maximum atomic E-state index is 13.4. The van der Waals surface area contributed by atoms with Crippen LogP contribution in [-0.2, 0) is 12.3 Å². The predicted molar refractivity (Wildman–Crippen MR) is 120 cm³/mol. The average molecular weight is 426 g/mol. The highest BCUT2D eigenvalue weighted by molar-refractivity contribution is 7.98. The summed E-state index contributed by atoms with van der Waals surface area (Å²) < 4.78 is 4.93. The third kappa shape index (κ3) is 3.45. The standard InChI is InChI=1S/C21H19N3OS3/c1-3-23-18-17(28-21(23)26)19(25)24(16-11-5-4-6-12-16)20(22-18)27-13-15-10-8-7-9-14(15)2/h4-12H,3,13H2,1-2H3. The number of benzene rings is 2. The van der Waals surface area contributed by atoms with Crippen molar-refractivity contribution in [2.45, 2.75) is 31.3 Å². The highest BCUT2D eigenvalue weighted by atomic mass is 32.2. The summed E-state index contributed by atoms with van der Waals surface area (Å²) in [5.41, 5.74) is 3.90. The molecule has 0 spiro atoms. The summed E-state index contributed by atoms with van der Waals surface area (Å²) in [6.45, 7) is 4.82. The van der Waals surface area contributed by atoms with Gasteiger partial charge in [0.25, 0.3) is 5.56 Å². The van der Waals surface area contributed by atoms with Gasteiger partial charge in [0.05, 0.1) is 5.69 Å². The van der Waals surface area contributed by atoms with E-state index in [-0.39, 0.29) is 5.56 Å². The number of hydrogen-bond donors (Lipinski definition) is 0. The van der Waals surface area contributed by atoms with Crippen LogP contribution in [0.5, 0.6) is 0 Å². The van der Waals surface area contributed by atoms with Gasteiger partial charge < -0.3 is 4.57 Å². The van der Waals surface area contributed by atoms with E-state index in [1.54, 1.807) is 16.3 Å². The Balaban J connectivity index is 1.90. The Kier molecular flexibility index (Phi) is 5.48. The predicted octanol–water partition coefficient (Wildman–Crippen LogP) is 5.60. The van der Waals surface area contributed by atoms with Gasteiger partial charge >= 0.3 is 0 Å². The van der Waals surface area contributed by atoms with E-state index < -0.39 is 0 Å². The Hall–Kier alpha value is -2.22. The fraction of sp³-hybridized carbons (Fsp3) is 0.190. The number of para-hydroxylation sites is 1. The van der Waals surface area contributed by atoms with Crippen molar-refractivity contribution < 1.29 is 0 Å². The lowest BCUT2D eigenvalue weighted by atomic mass is 10.1. The van der Waals surface area contributed by atoms with E-state index in [9.17, 15) is 4.79 Å². The molecule has 4 rings (SSSR count). The second-order valence-electron chi connectivity index (χ2n) is 6.35. The molecule has 0 amide bonds. The van der Waals surface area contributed by atoms with Crippen molar-refractivity contribution in [1.82, 2.24) is 14.1 Å². The lowest BCUT2D eigenvalue weighted by Gasteiger charge is -2.13. The Labute approximate surface area is 176 Å². The van der Waals surface area contributed by atoms with Crippen LogP contribution < -0.4 is 5.56 Å². The molecular weight excluding hydrogens is 406 g/mol.